The highest BCUT2D eigenvalue weighted by atomic mass is 79.9. The Kier molecular flexibility index (Phi) is 6.95. The van der Waals surface area contributed by atoms with Crippen LogP contribution in [0.25, 0.3) is 0 Å². The zero-order chi connectivity index (χ0) is 15.1. The minimum atomic E-state index is 0.148. The van der Waals surface area contributed by atoms with E-state index < -0.39 is 0 Å². The van der Waals surface area contributed by atoms with E-state index in [1.807, 2.05) is 36.9 Å². The highest BCUT2D eigenvalue weighted by Crippen LogP contribution is 2.24. The number of rotatable bonds is 7. The van der Waals surface area contributed by atoms with Crippen molar-refractivity contribution in [3.05, 3.63) is 28.2 Å². The van der Waals surface area contributed by atoms with Crippen molar-refractivity contribution in [1.29, 1.82) is 0 Å². The maximum atomic E-state index is 11.9. The predicted octanol–water partition coefficient (Wildman–Crippen LogP) is 2.75. The third-order valence-electron chi connectivity index (χ3n) is 3.03. The molecule has 1 aromatic rings. The number of benzene rings is 1. The molecule has 3 N–H and O–H groups in total. The molecule has 0 spiro atoms. The molecule has 0 unspecified atom stereocenters. The fourth-order valence-electron chi connectivity index (χ4n) is 1.96. The third kappa shape index (κ3) is 4.45. The molecule has 0 heterocycles. The Bertz CT molecular complexity index is 489. The molecule has 6 heteroatoms. The van der Waals surface area contributed by atoms with Crippen LogP contribution in [0.2, 0.25) is 0 Å². The summed E-state index contributed by atoms with van der Waals surface area (Å²) in [6, 6.07) is 5.70. The molecule has 1 aromatic carbocycles. The van der Waals surface area contributed by atoms with Gasteiger partial charge in [0.25, 0.3) is 0 Å². The SMILES string of the molecule is CCN(CC)C(=O)CCNc1cccc(Br)c1C(N)=S. The molecule has 4 nitrogen and oxygen atoms in total. The zero-order valence-corrected chi connectivity index (χ0v) is 14.2. The number of anilines is 1. The summed E-state index contributed by atoms with van der Waals surface area (Å²) in [6.07, 6.45) is 0.449. The standard InChI is InChI=1S/C14H20BrN3OS/c1-3-18(4-2)12(19)8-9-17-11-7-5-6-10(15)13(11)14(16)20/h5-7,17H,3-4,8-9H2,1-2H3,(H2,16,20). The normalized spacial score (nSPS) is 10.2. The van der Waals surface area contributed by atoms with Gasteiger partial charge in [-0.15, -0.1) is 0 Å². The lowest BCUT2D eigenvalue weighted by Gasteiger charge is -2.19. The van der Waals surface area contributed by atoms with Crippen LogP contribution in [0.1, 0.15) is 25.8 Å². The molecule has 20 heavy (non-hydrogen) atoms. The van der Waals surface area contributed by atoms with Crippen LogP contribution in [0.5, 0.6) is 0 Å². The van der Waals surface area contributed by atoms with Gasteiger partial charge in [-0.1, -0.05) is 18.3 Å². The number of hydrogen-bond donors (Lipinski definition) is 2. The first-order valence-electron chi connectivity index (χ1n) is 6.61. The molecule has 0 aliphatic rings. The first kappa shape index (κ1) is 16.9. The van der Waals surface area contributed by atoms with E-state index in [-0.39, 0.29) is 5.91 Å². The van der Waals surface area contributed by atoms with Crippen molar-refractivity contribution in [1.82, 2.24) is 4.90 Å². The van der Waals surface area contributed by atoms with E-state index in [9.17, 15) is 4.79 Å². The van der Waals surface area contributed by atoms with Gasteiger partial charge in [0.2, 0.25) is 5.91 Å². The first-order valence-corrected chi connectivity index (χ1v) is 7.81. The van der Waals surface area contributed by atoms with Gasteiger partial charge in [0.15, 0.2) is 0 Å². The maximum Gasteiger partial charge on any atom is 0.224 e. The Balaban J connectivity index is 2.65. The molecule has 1 amide bonds. The van der Waals surface area contributed by atoms with E-state index in [0.717, 1.165) is 28.8 Å². The van der Waals surface area contributed by atoms with E-state index in [2.05, 4.69) is 21.2 Å². The first-order chi connectivity index (χ1) is 9.51. The van der Waals surface area contributed by atoms with Crippen LogP contribution in [0.3, 0.4) is 0 Å². The summed E-state index contributed by atoms with van der Waals surface area (Å²) in [4.78, 5) is 14.1. The van der Waals surface area contributed by atoms with Crippen molar-refractivity contribution < 1.29 is 4.79 Å². The molecular weight excluding hydrogens is 338 g/mol. The number of halogens is 1. The fraction of sp³-hybridized carbons (Fsp3) is 0.429. The summed E-state index contributed by atoms with van der Waals surface area (Å²) in [5, 5.41) is 3.22. The Morgan fingerprint density at radius 3 is 2.60 bits per heavy atom. The second kappa shape index (κ2) is 8.21. The lowest BCUT2D eigenvalue weighted by Crippen LogP contribution is -2.31. The lowest BCUT2D eigenvalue weighted by molar-refractivity contribution is -0.130. The van der Waals surface area contributed by atoms with Crippen LogP contribution in [0.4, 0.5) is 5.69 Å². The maximum absolute atomic E-state index is 11.9. The number of nitrogens with two attached hydrogens (primary N) is 1. The van der Waals surface area contributed by atoms with E-state index in [1.54, 1.807) is 0 Å². The van der Waals surface area contributed by atoms with Gasteiger partial charge < -0.3 is 16.0 Å². The molecule has 0 saturated carbocycles. The van der Waals surface area contributed by atoms with Gasteiger partial charge in [0.05, 0.1) is 0 Å². The summed E-state index contributed by atoms with van der Waals surface area (Å²) in [5.74, 6) is 0.148. The Morgan fingerprint density at radius 1 is 1.40 bits per heavy atom. The van der Waals surface area contributed by atoms with Crippen molar-refractivity contribution in [2.75, 3.05) is 25.0 Å². The van der Waals surface area contributed by atoms with E-state index >= 15 is 0 Å². The summed E-state index contributed by atoms with van der Waals surface area (Å²) < 4.78 is 0.852. The van der Waals surface area contributed by atoms with Crippen LogP contribution < -0.4 is 11.1 Å². The predicted molar refractivity (Wildman–Crippen MR) is 91.1 cm³/mol. The molecule has 1 rings (SSSR count). The van der Waals surface area contributed by atoms with E-state index in [4.69, 9.17) is 18.0 Å². The average molecular weight is 358 g/mol. The molecule has 0 bridgehead atoms. The van der Waals surface area contributed by atoms with E-state index in [0.29, 0.717) is 18.0 Å². The van der Waals surface area contributed by atoms with Gasteiger partial charge in [-0.05, 0) is 41.9 Å². The largest absolute Gasteiger partial charge is 0.389 e. The molecule has 0 aliphatic carbocycles. The number of thiocarbonyl (C=S) groups is 1. The number of nitrogens with one attached hydrogen (secondary N) is 1. The van der Waals surface area contributed by atoms with Crippen molar-refractivity contribution in [2.45, 2.75) is 20.3 Å². The third-order valence-corrected chi connectivity index (χ3v) is 3.90. The number of hydrogen-bond acceptors (Lipinski definition) is 3. The van der Waals surface area contributed by atoms with E-state index in [1.165, 1.54) is 0 Å². The molecular formula is C14H20BrN3OS. The number of carbonyl (C=O) groups excluding carboxylic acids is 1. The topological polar surface area (TPSA) is 58.4 Å². The highest BCUT2D eigenvalue weighted by molar-refractivity contribution is 9.10. The highest BCUT2D eigenvalue weighted by Gasteiger charge is 2.11. The lowest BCUT2D eigenvalue weighted by atomic mass is 10.1. The van der Waals surface area contributed by atoms with Gasteiger partial charge in [-0.3, -0.25) is 4.79 Å². The average Bonchev–Trinajstić information content (AvgIpc) is 2.39. The Morgan fingerprint density at radius 2 is 2.05 bits per heavy atom. The van der Waals surface area contributed by atoms with Gasteiger partial charge in [0.1, 0.15) is 4.99 Å². The second-order valence-electron chi connectivity index (χ2n) is 4.27. The van der Waals surface area contributed by atoms with Crippen LogP contribution in [0, 0.1) is 0 Å². The van der Waals surface area contributed by atoms with Crippen molar-refractivity contribution >= 4 is 44.7 Å². The molecule has 0 aromatic heterocycles. The van der Waals surface area contributed by atoms with Crippen LogP contribution in [0.15, 0.2) is 22.7 Å². The summed E-state index contributed by atoms with van der Waals surface area (Å²) in [5.41, 5.74) is 7.35. The number of carbonyl (C=O) groups is 1. The van der Waals surface area contributed by atoms with Crippen molar-refractivity contribution in [3.8, 4) is 0 Å². The minimum Gasteiger partial charge on any atom is -0.389 e. The summed E-state index contributed by atoms with van der Waals surface area (Å²) >= 11 is 8.48. The Hall–Kier alpha value is -1.14. The van der Waals surface area contributed by atoms with Crippen LogP contribution in [-0.4, -0.2) is 35.4 Å². The number of nitrogens with zero attached hydrogens (tertiary/aromatic N) is 1. The molecule has 0 fully saturated rings. The van der Waals surface area contributed by atoms with Gasteiger partial charge in [-0.25, -0.2) is 0 Å². The summed E-state index contributed by atoms with van der Waals surface area (Å²) in [7, 11) is 0. The fourth-order valence-corrected chi connectivity index (χ4v) is 2.89. The molecule has 0 atom stereocenters. The van der Waals surface area contributed by atoms with Gasteiger partial charge >= 0.3 is 0 Å². The molecule has 0 radical (unpaired) electrons. The molecule has 0 aliphatic heterocycles. The molecule has 110 valence electrons. The van der Waals surface area contributed by atoms with Crippen LogP contribution in [-0.2, 0) is 4.79 Å². The minimum absolute atomic E-state index is 0.148. The van der Waals surface area contributed by atoms with Crippen molar-refractivity contribution in [3.63, 3.8) is 0 Å². The van der Waals surface area contributed by atoms with Crippen molar-refractivity contribution in [2.24, 2.45) is 5.73 Å². The number of amides is 1. The monoisotopic (exact) mass is 357 g/mol. The smallest absolute Gasteiger partial charge is 0.224 e. The second-order valence-corrected chi connectivity index (χ2v) is 5.56. The Labute approximate surface area is 133 Å². The summed E-state index contributed by atoms with van der Waals surface area (Å²) in [6.45, 7) is 6.00. The molecule has 0 saturated heterocycles. The van der Waals surface area contributed by atoms with Gasteiger partial charge in [0, 0.05) is 41.8 Å². The zero-order valence-electron chi connectivity index (χ0n) is 11.8. The van der Waals surface area contributed by atoms with Gasteiger partial charge in [-0.2, -0.15) is 0 Å². The van der Waals surface area contributed by atoms with Crippen LogP contribution >= 0.6 is 28.1 Å². The quantitative estimate of drug-likeness (QED) is 0.736.